The fourth-order valence-corrected chi connectivity index (χ4v) is 3.57. The highest BCUT2D eigenvalue weighted by Gasteiger charge is 2.13. The third-order valence-electron chi connectivity index (χ3n) is 4.22. The van der Waals surface area contributed by atoms with E-state index in [0.717, 1.165) is 17.7 Å². The molecule has 3 rings (SSSR count). The van der Waals surface area contributed by atoms with E-state index in [9.17, 15) is 14.4 Å². The van der Waals surface area contributed by atoms with Crippen LogP contribution >= 0.6 is 11.3 Å². The highest BCUT2D eigenvalue weighted by Crippen LogP contribution is 2.26. The van der Waals surface area contributed by atoms with Crippen LogP contribution in [0.25, 0.3) is 11.3 Å². The first kappa shape index (κ1) is 21.2. The van der Waals surface area contributed by atoms with Gasteiger partial charge in [0.05, 0.1) is 5.69 Å². The summed E-state index contributed by atoms with van der Waals surface area (Å²) in [6, 6.07) is 12.8. The van der Waals surface area contributed by atoms with Crippen molar-refractivity contribution in [2.75, 3.05) is 16.0 Å². The number of anilines is 3. The Morgan fingerprint density at radius 3 is 2.03 bits per heavy atom. The SMILES string of the molecule is CCc1ccc(-c2csc(NC(=O)c3cc(NC(C)=O)cc(NC(C)=O)c3)n2)cc1. The lowest BCUT2D eigenvalue weighted by atomic mass is 10.1. The minimum Gasteiger partial charge on any atom is -0.326 e. The van der Waals surface area contributed by atoms with Gasteiger partial charge in [-0.15, -0.1) is 11.3 Å². The Labute approximate surface area is 178 Å². The Balaban J connectivity index is 1.80. The van der Waals surface area contributed by atoms with E-state index >= 15 is 0 Å². The molecule has 0 unspecified atom stereocenters. The summed E-state index contributed by atoms with van der Waals surface area (Å²) >= 11 is 1.32. The van der Waals surface area contributed by atoms with Crippen molar-refractivity contribution in [3.63, 3.8) is 0 Å². The van der Waals surface area contributed by atoms with Crippen LogP contribution in [0.15, 0.2) is 47.8 Å². The van der Waals surface area contributed by atoms with E-state index in [2.05, 4.69) is 40.0 Å². The summed E-state index contributed by atoms with van der Waals surface area (Å²) in [6.45, 7) is 4.84. The molecule has 0 aliphatic carbocycles. The number of carbonyl (C=O) groups excluding carboxylic acids is 3. The first-order valence-corrected chi connectivity index (χ1v) is 10.3. The molecule has 3 aromatic rings. The third-order valence-corrected chi connectivity index (χ3v) is 4.98. The van der Waals surface area contributed by atoms with Crippen LogP contribution in [0.4, 0.5) is 16.5 Å². The molecule has 8 heteroatoms. The van der Waals surface area contributed by atoms with Crippen molar-refractivity contribution < 1.29 is 14.4 Å². The van der Waals surface area contributed by atoms with Gasteiger partial charge in [0.1, 0.15) is 0 Å². The quantitative estimate of drug-likeness (QED) is 0.543. The standard InChI is InChI=1S/C22H22N4O3S/c1-4-15-5-7-16(8-6-15)20-12-30-22(25-20)26-21(29)17-9-18(23-13(2)27)11-19(10-17)24-14(3)28/h5-12H,4H2,1-3H3,(H,23,27)(H,24,28)(H,25,26,29). The molecule has 0 atom stereocenters. The maximum Gasteiger partial charge on any atom is 0.257 e. The molecule has 2 aromatic carbocycles. The van der Waals surface area contributed by atoms with Crippen molar-refractivity contribution >= 4 is 45.6 Å². The molecule has 1 heterocycles. The fourth-order valence-electron chi connectivity index (χ4n) is 2.85. The first-order chi connectivity index (χ1) is 14.3. The normalized spacial score (nSPS) is 10.4. The molecule has 0 radical (unpaired) electrons. The van der Waals surface area contributed by atoms with E-state index < -0.39 is 5.91 Å². The van der Waals surface area contributed by atoms with Crippen LogP contribution in [0.2, 0.25) is 0 Å². The van der Waals surface area contributed by atoms with Crippen LogP contribution in [0.3, 0.4) is 0 Å². The molecule has 7 nitrogen and oxygen atoms in total. The van der Waals surface area contributed by atoms with Crippen molar-refractivity contribution in [1.29, 1.82) is 0 Å². The molecule has 3 amide bonds. The van der Waals surface area contributed by atoms with Crippen molar-refractivity contribution in [3.05, 3.63) is 59.0 Å². The predicted octanol–water partition coefficient (Wildman–Crippen LogP) is 4.54. The number of aryl methyl sites for hydroxylation is 1. The topological polar surface area (TPSA) is 100 Å². The molecule has 0 saturated heterocycles. The summed E-state index contributed by atoms with van der Waals surface area (Å²) in [6.07, 6.45) is 0.969. The Morgan fingerprint density at radius 2 is 1.50 bits per heavy atom. The summed E-state index contributed by atoms with van der Waals surface area (Å²) in [4.78, 5) is 40.0. The minimum atomic E-state index is -0.393. The highest BCUT2D eigenvalue weighted by atomic mass is 32.1. The summed E-state index contributed by atoms with van der Waals surface area (Å²) in [7, 11) is 0. The Hall–Kier alpha value is -3.52. The number of carbonyl (C=O) groups is 3. The fraction of sp³-hybridized carbons (Fsp3) is 0.182. The third kappa shape index (κ3) is 5.51. The Bertz CT molecular complexity index is 1060. The predicted molar refractivity (Wildman–Crippen MR) is 120 cm³/mol. The summed E-state index contributed by atoms with van der Waals surface area (Å²) in [5.74, 6) is -0.948. The van der Waals surface area contributed by atoms with Crippen LogP contribution in [0.5, 0.6) is 0 Å². The minimum absolute atomic E-state index is 0.278. The van der Waals surface area contributed by atoms with E-state index in [1.807, 2.05) is 17.5 Å². The lowest BCUT2D eigenvalue weighted by Gasteiger charge is -2.10. The Kier molecular flexibility index (Phi) is 6.58. The van der Waals surface area contributed by atoms with E-state index in [1.165, 1.54) is 30.7 Å². The molecule has 30 heavy (non-hydrogen) atoms. The second-order valence-corrected chi connectivity index (χ2v) is 7.56. The molecule has 154 valence electrons. The van der Waals surface area contributed by atoms with Gasteiger partial charge in [-0.2, -0.15) is 0 Å². The number of hydrogen-bond acceptors (Lipinski definition) is 5. The van der Waals surface area contributed by atoms with Crippen LogP contribution < -0.4 is 16.0 Å². The van der Waals surface area contributed by atoms with Crippen LogP contribution in [-0.2, 0) is 16.0 Å². The average Bonchev–Trinajstić information content (AvgIpc) is 3.15. The molecule has 0 bridgehead atoms. The van der Waals surface area contributed by atoms with Gasteiger partial charge in [-0.25, -0.2) is 4.98 Å². The monoisotopic (exact) mass is 422 g/mol. The van der Waals surface area contributed by atoms with Crippen molar-refractivity contribution in [1.82, 2.24) is 4.98 Å². The summed E-state index contributed by atoms with van der Waals surface area (Å²) in [5, 5.41) is 10.4. The zero-order valence-electron chi connectivity index (χ0n) is 16.9. The van der Waals surface area contributed by atoms with Gasteiger partial charge in [0.25, 0.3) is 5.91 Å². The summed E-state index contributed by atoms with van der Waals surface area (Å²) in [5.41, 5.74) is 4.11. The number of nitrogens with zero attached hydrogens (tertiary/aromatic N) is 1. The molecule has 1 aromatic heterocycles. The number of rotatable bonds is 6. The lowest BCUT2D eigenvalue weighted by molar-refractivity contribution is -0.115. The largest absolute Gasteiger partial charge is 0.326 e. The average molecular weight is 423 g/mol. The van der Waals surface area contributed by atoms with Crippen molar-refractivity contribution in [2.24, 2.45) is 0 Å². The van der Waals surface area contributed by atoms with E-state index in [-0.39, 0.29) is 17.4 Å². The van der Waals surface area contributed by atoms with Gasteiger partial charge in [-0.05, 0) is 30.2 Å². The van der Waals surface area contributed by atoms with E-state index in [0.29, 0.717) is 16.5 Å². The maximum atomic E-state index is 12.7. The summed E-state index contributed by atoms with van der Waals surface area (Å²) < 4.78 is 0. The molecule has 0 aliphatic rings. The molecule has 0 fully saturated rings. The molecule has 3 N–H and O–H groups in total. The van der Waals surface area contributed by atoms with Crippen LogP contribution in [0.1, 0.15) is 36.7 Å². The number of aromatic nitrogens is 1. The number of benzene rings is 2. The van der Waals surface area contributed by atoms with Gasteiger partial charge in [0, 0.05) is 41.7 Å². The van der Waals surface area contributed by atoms with E-state index in [4.69, 9.17) is 0 Å². The van der Waals surface area contributed by atoms with Gasteiger partial charge >= 0.3 is 0 Å². The van der Waals surface area contributed by atoms with E-state index in [1.54, 1.807) is 18.2 Å². The van der Waals surface area contributed by atoms with Crippen LogP contribution in [0, 0.1) is 0 Å². The molecule has 0 spiro atoms. The van der Waals surface area contributed by atoms with Gasteiger partial charge in [-0.3, -0.25) is 19.7 Å². The molecular formula is C22H22N4O3S. The molecule has 0 aliphatic heterocycles. The molecular weight excluding hydrogens is 400 g/mol. The second kappa shape index (κ2) is 9.32. The lowest BCUT2D eigenvalue weighted by Crippen LogP contribution is -2.15. The van der Waals surface area contributed by atoms with Gasteiger partial charge in [-0.1, -0.05) is 31.2 Å². The zero-order valence-corrected chi connectivity index (χ0v) is 17.7. The maximum absolute atomic E-state index is 12.7. The van der Waals surface area contributed by atoms with Gasteiger partial charge in [0.15, 0.2) is 5.13 Å². The van der Waals surface area contributed by atoms with Crippen LogP contribution in [-0.4, -0.2) is 22.7 Å². The first-order valence-electron chi connectivity index (χ1n) is 9.40. The van der Waals surface area contributed by atoms with Crippen molar-refractivity contribution in [3.8, 4) is 11.3 Å². The highest BCUT2D eigenvalue weighted by molar-refractivity contribution is 7.14. The smallest absolute Gasteiger partial charge is 0.257 e. The van der Waals surface area contributed by atoms with Gasteiger partial charge in [0.2, 0.25) is 11.8 Å². The number of hydrogen-bond donors (Lipinski definition) is 3. The number of thiazole rings is 1. The number of amides is 3. The zero-order chi connectivity index (χ0) is 21.7. The number of nitrogens with one attached hydrogen (secondary N) is 3. The van der Waals surface area contributed by atoms with Gasteiger partial charge < -0.3 is 10.6 Å². The second-order valence-electron chi connectivity index (χ2n) is 6.70. The van der Waals surface area contributed by atoms with Crippen molar-refractivity contribution in [2.45, 2.75) is 27.2 Å². The molecule has 0 saturated carbocycles. The Morgan fingerprint density at radius 1 is 0.900 bits per heavy atom.